The smallest absolute Gasteiger partial charge is 0.0691 e. The summed E-state index contributed by atoms with van der Waals surface area (Å²) in [5.41, 5.74) is 0. The molecule has 0 aromatic heterocycles. The van der Waals surface area contributed by atoms with E-state index >= 15 is 0 Å². The third kappa shape index (κ3) is 5.12. The van der Waals surface area contributed by atoms with Crippen molar-refractivity contribution in [2.45, 2.75) is 82.1 Å². The molecular weight excluding hydrogens is 270 g/mol. The first kappa shape index (κ1) is 16.4. The maximum atomic E-state index is 12.8. The molecule has 20 heavy (non-hydrogen) atoms. The van der Waals surface area contributed by atoms with Gasteiger partial charge in [0.05, 0.1) is 17.1 Å². The number of hydrogen-bond donors (Lipinski definition) is 1. The third-order valence-corrected chi connectivity index (χ3v) is 6.51. The molecule has 4 atom stereocenters. The van der Waals surface area contributed by atoms with Crippen molar-refractivity contribution in [3.63, 3.8) is 0 Å². The molecule has 118 valence electrons. The van der Waals surface area contributed by atoms with E-state index in [0.717, 1.165) is 44.6 Å². The summed E-state index contributed by atoms with van der Waals surface area (Å²) in [5, 5.41) is 4.00. The van der Waals surface area contributed by atoms with E-state index in [2.05, 4.69) is 12.2 Å². The summed E-state index contributed by atoms with van der Waals surface area (Å²) in [5.74, 6) is 0.759. The van der Waals surface area contributed by atoms with Gasteiger partial charge >= 0.3 is 0 Å². The van der Waals surface area contributed by atoms with Crippen LogP contribution in [-0.2, 0) is 15.5 Å². The van der Waals surface area contributed by atoms with Crippen molar-refractivity contribution in [2.75, 3.05) is 18.9 Å². The summed E-state index contributed by atoms with van der Waals surface area (Å²) in [6, 6.07) is 0.456. The molecule has 2 aliphatic rings. The molecule has 2 rings (SSSR count). The lowest BCUT2D eigenvalue weighted by Crippen LogP contribution is -2.44. The molecule has 1 N–H and O–H groups in total. The first-order valence-electron chi connectivity index (χ1n) is 8.53. The quantitative estimate of drug-likeness (QED) is 0.819. The summed E-state index contributed by atoms with van der Waals surface area (Å²) >= 11 is 0. The lowest BCUT2D eigenvalue weighted by atomic mass is 9.96. The van der Waals surface area contributed by atoms with Crippen LogP contribution in [0.1, 0.15) is 64.7 Å². The van der Waals surface area contributed by atoms with Crippen LogP contribution >= 0.6 is 0 Å². The molecular formula is C16H31NO2S. The Morgan fingerprint density at radius 1 is 1.10 bits per heavy atom. The number of hydrogen-bond acceptors (Lipinski definition) is 3. The highest BCUT2D eigenvalue weighted by molar-refractivity contribution is 7.85. The number of ether oxygens (including phenoxy) is 1. The van der Waals surface area contributed by atoms with Crippen molar-refractivity contribution in [3.05, 3.63) is 0 Å². The second-order valence-electron chi connectivity index (χ2n) is 6.27. The van der Waals surface area contributed by atoms with E-state index in [9.17, 15) is 4.21 Å². The molecule has 0 amide bonds. The van der Waals surface area contributed by atoms with E-state index < -0.39 is 10.8 Å². The molecule has 0 bridgehead atoms. The van der Waals surface area contributed by atoms with Gasteiger partial charge in [0, 0.05) is 23.4 Å². The molecule has 0 radical (unpaired) electrons. The molecule has 4 heteroatoms. The van der Waals surface area contributed by atoms with Gasteiger partial charge in [0.15, 0.2) is 0 Å². The van der Waals surface area contributed by atoms with E-state index in [1.807, 2.05) is 0 Å². The fourth-order valence-corrected chi connectivity index (χ4v) is 5.32. The maximum absolute atomic E-state index is 12.8. The van der Waals surface area contributed by atoms with Gasteiger partial charge in [-0.3, -0.25) is 4.21 Å². The van der Waals surface area contributed by atoms with E-state index in [4.69, 9.17) is 4.74 Å². The number of rotatable bonds is 6. The average Bonchev–Trinajstić information content (AvgIpc) is 2.90. The van der Waals surface area contributed by atoms with Crippen molar-refractivity contribution >= 4 is 10.8 Å². The van der Waals surface area contributed by atoms with Crippen molar-refractivity contribution in [3.8, 4) is 0 Å². The monoisotopic (exact) mass is 301 g/mol. The zero-order chi connectivity index (χ0) is 14.2. The van der Waals surface area contributed by atoms with Crippen LogP contribution in [0.4, 0.5) is 0 Å². The second kappa shape index (κ2) is 9.16. The second-order valence-corrected chi connectivity index (χ2v) is 7.97. The van der Waals surface area contributed by atoms with Crippen molar-refractivity contribution < 1.29 is 8.95 Å². The van der Waals surface area contributed by atoms with Crippen LogP contribution in [0.15, 0.2) is 0 Å². The van der Waals surface area contributed by atoms with Gasteiger partial charge in [-0.1, -0.05) is 32.6 Å². The van der Waals surface area contributed by atoms with E-state index in [1.54, 1.807) is 0 Å². The van der Waals surface area contributed by atoms with Gasteiger partial charge in [-0.05, 0) is 38.6 Å². The Morgan fingerprint density at radius 2 is 1.90 bits per heavy atom. The van der Waals surface area contributed by atoms with Gasteiger partial charge in [-0.25, -0.2) is 0 Å². The van der Waals surface area contributed by atoms with E-state index in [-0.39, 0.29) is 6.10 Å². The third-order valence-electron chi connectivity index (χ3n) is 4.57. The van der Waals surface area contributed by atoms with Crippen molar-refractivity contribution in [1.29, 1.82) is 0 Å². The lowest BCUT2D eigenvalue weighted by Gasteiger charge is -2.30. The fourth-order valence-electron chi connectivity index (χ4n) is 3.41. The highest BCUT2D eigenvalue weighted by Crippen LogP contribution is 2.24. The Bertz CT molecular complexity index is 290. The molecule has 1 saturated heterocycles. The highest BCUT2D eigenvalue weighted by Gasteiger charge is 2.29. The molecule has 3 nitrogen and oxygen atoms in total. The normalized spacial score (nSPS) is 33.5. The standard InChI is InChI=1S/C16H31NO2S/c1-2-11-17-15-9-5-3-4-6-10-16(15)20(18)13-14-8-7-12-19-14/h14-17H,2-13H2,1H3. The van der Waals surface area contributed by atoms with Gasteiger partial charge in [-0.15, -0.1) is 0 Å². The predicted molar refractivity (Wildman–Crippen MR) is 85.6 cm³/mol. The molecule has 1 heterocycles. The summed E-state index contributed by atoms with van der Waals surface area (Å²) < 4.78 is 18.5. The molecule has 1 saturated carbocycles. The Morgan fingerprint density at radius 3 is 2.60 bits per heavy atom. The minimum absolute atomic E-state index is 0.257. The van der Waals surface area contributed by atoms with E-state index in [0.29, 0.717) is 11.3 Å². The van der Waals surface area contributed by atoms with Crippen molar-refractivity contribution in [1.82, 2.24) is 5.32 Å². The van der Waals surface area contributed by atoms with Crippen LogP contribution < -0.4 is 5.32 Å². The molecule has 0 spiro atoms. The minimum Gasteiger partial charge on any atom is -0.377 e. The summed E-state index contributed by atoms with van der Waals surface area (Å²) in [6.45, 7) is 4.12. The average molecular weight is 301 g/mol. The van der Waals surface area contributed by atoms with Crippen LogP contribution in [0.2, 0.25) is 0 Å². The fraction of sp³-hybridized carbons (Fsp3) is 1.00. The predicted octanol–water partition coefficient (Wildman–Crippen LogP) is 3.01. The molecule has 1 aliphatic carbocycles. The minimum atomic E-state index is -0.736. The first-order valence-corrected chi connectivity index (χ1v) is 9.91. The molecule has 2 fully saturated rings. The summed E-state index contributed by atoms with van der Waals surface area (Å²) in [7, 11) is -0.736. The molecule has 0 aromatic rings. The Labute approximate surface area is 126 Å². The zero-order valence-electron chi connectivity index (χ0n) is 12.9. The SMILES string of the molecule is CCCNC1CCCCCCC1S(=O)CC1CCCO1. The van der Waals surface area contributed by atoms with Crippen LogP contribution in [0.3, 0.4) is 0 Å². The Balaban J connectivity index is 1.91. The highest BCUT2D eigenvalue weighted by atomic mass is 32.2. The van der Waals surface area contributed by atoms with Gasteiger partial charge < -0.3 is 10.1 Å². The van der Waals surface area contributed by atoms with E-state index in [1.165, 1.54) is 32.1 Å². The van der Waals surface area contributed by atoms with Crippen molar-refractivity contribution in [2.24, 2.45) is 0 Å². The summed E-state index contributed by atoms with van der Waals surface area (Å²) in [6.07, 6.45) is 11.2. The Kier molecular flexibility index (Phi) is 7.53. The van der Waals surface area contributed by atoms with Crippen LogP contribution in [-0.4, -0.2) is 40.5 Å². The van der Waals surface area contributed by atoms with Gasteiger partial charge in [0.2, 0.25) is 0 Å². The zero-order valence-corrected chi connectivity index (χ0v) is 13.8. The van der Waals surface area contributed by atoms with Gasteiger partial charge in [0.1, 0.15) is 0 Å². The maximum Gasteiger partial charge on any atom is 0.0691 e. The molecule has 4 unspecified atom stereocenters. The molecule has 1 aliphatic heterocycles. The van der Waals surface area contributed by atoms with Gasteiger partial charge in [0.25, 0.3) is 0 Å². The van der Waals surface area contributed by atoms with Crippen LogP contribution in [0.5, 0.6) is 0 Å². The Hall–Kier alpha value is 0.0700. The molecule has 0 aromatic carbocycles. The lowest BCUT2D eigenvalue weighted by molar-refractivity contribution is 0.128. The van der Waals surface area contributed by atoms with Crippen LogP contribution in [0.25, 0.3) is 0 Å². The topological polar surface area (TPSA) is 38.3 Å². The van der Waals surface area contributed by atoms with Crippen LogP contribution in [0, 0.1) is 0 Å². The first-order chi connectivity index (χ1) is 9.81. The number of nitrogens with one attached hydrogen (secondary N) is 1. The largest absolute Gasteiger partial charge is 0.377 e. The van der Waals surface area contributed by atoms with Gasteiger partial charge in [-0.2, -0.15) is 0 Å². The summed E-state index contributed by atoms with van der Waals surface area (Å²) in [4.78, 5) is 0.